The van der Waals surface area contributed by atoms with Crippen LogP contribution in [-0.4, -0.2) is 54.9 Å². The lowest BCUT2D eigenvalue weighted by Crippen LogP contribution is -2.59. The molecular weight excluding hydrogens is 314 g/mol. The first-order valence-electron chi connectivity index (χ1n) is 10.5. The quantitative estimate of drug-likeness (QED) is 0.433. The largest absolute Gasteiger partial charge is 0.455 e. The second-order valence-electron chi connectivity index (χ2n) is 10.2. The Balaban J connectivity index is 1.61. The maximum Gasteiger partial charge on any atom is 0.315 e. The third kappa shape index (κ3) is 2.58. The average Bonchev–Trinajstić information content (AvgIpc) is 3.17. The minimum atomic E-state index is -0.322. The molecule has 2 saturated heterocycles. The summed E-state index contributed by atoms with van der Waals surface area (Å²) >= 11 is 0. The van der Waals surface area contributed by atoms with Crippen LogP contribution in [-0.2, 0) is 14.3 Å². The Bertz CT molecular complexity index is 561. The van der Waals surface area contributed by atoms with Gasteiger partial charge in [-0.1, -0.05) is 20.3 Å². The van der Waals surface area contributed by atoms with Gasteiger partial charge in [-0.2, -0.15) is 0 Å². The molecule has 2 aliphatic carbocycles. The van der Waals surface area contributed by atoms with Crippen molar-refractivity contribution in [2.45, 2.75) is 76.6 Å². The molecule has 2 aliphatic heterocycles. The average molecular weight is 351 g/mol. The number of carbonyl (C=O) groups excluding carboxylic acids is 1. The van der Waals surface area contributed by atoms with E-state index in [-0.39, 0.29) is 29.2 Å². The Morgan fingerprint density at radius 3 is 2.68 bits per heavy atom. The van der Waals surface area contributed by atoms with Crippen LogP contribution in [0.15, 0.2) is 0 Å². The molecule has 4 nitrogen and oxygen atoms in total. The highest BCUT2D eigenvalue weighted by Crippen LogP contribution is 2.66. The predicted molar refractivity (Wildman–Crippen MR) is 97.0 cm³/mol. The van der Waals surface area contributed by atoms with Crippen molar-refractivity contribution >= 4 is 5.97 Å². The lowest BCUT2D eigenvalue weighted by Gasteiger charge is -2.50. The summed E-state index contributed by atoms with van der Waals surface area (Å²) in [5.74, 6) is 1.60. The molecule has 1 spiro atoms. The standard InChI is InChI=1S/C21H36NO3/c1-6-7-12-22(4,5)13-15-17-9-8-14(2)16-10-11-20(3)19(25-20)21(16,17)24-18(15)23/h14-17,19H,6-13H2,1-5H3/q+1/t14-,15-,16-,17-,19-,20-,21-/m1/s1. The number of quaternary nitrogens is 1. The van der Waals surface area contributed by atoms with Crippen LogP contribution >= 0.6 is 0 Å². The van der Waals surface area contributed by atoms with Gasteiger partial charge in [-0.05, 0) is 44.9 Å². The molecule has 0 N–H and O–H groups in total. The maximum atomic E-state index is 13.0. The van der Waals surface area contributed by atoms with Crippen molar-refractivity contribution in [1.29, 1.82) is 0 Å². The molecule has 2 heterocycles. The van der Waals surface area contributed by atoms with E-state index in [1.807, 2.05) is 0 Å². The smallest absolute Gasteiger partial charge is 0.315 e. The van der Waals surface area contributed by atoms with Crippen LogP contribution in [0.5, 0.6) is 0 Å². The summed E-state index contributed by atoms with van der Waals surface area (Å²) in [6.45, 7) is 8.87. The zero-order valence-electron chi connectivity index (χ0n) is 16.7. The van der Waals surface area contributed by atoms with Gasteiger partial charge in [0.25, 0.3) is 0 Å². The number of nitrogens with zero attached hydrogens (tertiary/aromatic N) is 1. The van der Waals surface area contributed by atoms with Gasteiger partial charge in [0.2, 0.25) is 0 Å². The zero-order valence-corrected chi connectivity index (χ0v) is 16.7. The van der Waals surface area contributed by atoms with E-state index in [0.717, 1.165) is 36.8 Å². The van der Waals surface area contributed by atoms with Crippen molar-refractivity contribution < 1.29 is 18.8 Å². The van der Waals surface area contributed by atoms with Crippen molar-refractivity contribution in [3.8, 4) is 0 Å². The van der Waals surface area contributed by atoms with Gasteiger partial charge in [-0.25, -0.2) is 0 Å². The van der Waals surface area contributed by atoms with Gasteiger partial charge in [0.15, 0.2) is 0 Å². The minimum Gasteiger partial charge on any atom is -0.455 e. The van der Waals surface area contributed by atoms with E-state index < -0.39 is 0 Å². The number of esters is 1. The highest BCUT2D eigenvalue weighted by Gasteiger charge is 2.77. The third-order valence-corrected chi connectivity index (χ3v) is 7.90. The molecule has 0 aromatic carbocycles. The van der Waals surface area contributed by atoms with Gasteiger partial charge >= 0.3 is 5.97 Å². The number of carbonyl (C=O) groups is 1. The van der Waals surface area contributed by atoms with Crippen LogP contribution in [0.1, 0.15) is 59.3 Å². The number of fused-ring (bicyclic) bond motifs is 1. The fourth-order valence-electron chi connectivity index (χ4n) is 6.47. The van der Waals surface area contributed by atoms with E-state index in [1.165, 1.54) is 19.3 Å². The molecule has 4 fully saturated rings. The fourth-order valence-corrected chi connectivity index (χ4v) is 6.47. The first-order chi connectivity index (χ1) is 11.7. The van der Waals surface area contributed by atoms with Gasteiger partial charge in [0.05, 0.1) is 32.8 Å². The Kier molecular flexibility index (Phi) is 4.05. The summed E-state index contributed by atoms with van der Waals surface area (Å²) in [4.78, 5) is 13.0. The molecule has 142 valence electrons. The van der Waals surface area contributed by atoms with Crippen molar-refractivity contribution in [2.24, 2.45) is 23.7 Å². The van der Waals surface area contributed by atoms with Crippen molar-refractivity contribution in [1.82, 2.24) is 0 Å². The molecule has 7 atom stereocenters. The summed E-state index contributed by atoms with van der Waals surface area (Å²) in [6.07, 6.45) is 7.20. The zero-order chi connectivity index (χ0) is 18.0. The molecule has 0 bridgehead atoms. The predicted octanol–water partition coefficient (Wildman–Crippen LogP) is 3.39. The molecule has 4 heteroatoms. The van der Waals surface area contributed by atoms with Crippen molar-refractivity contribution in [3.63, 3.8) is 0 Å². The molecule has 0 aromatic rings. The number of hydrogen-bond donors (Lipinski definition) is 0. The van der Waals surface area contributed by atoms with Crippen LogP contribution < -0.4 is 0 Å². The van der Waals surface area contributed by atoms with Crippen LogP contribution in [0.4, 0.5) is 0 Å². The Labute approximate surface area is 152 Å². The molecule has 4 aliphatic rings. The lowest BCUT2D eigenvalue weighted by molar-refractivity contribution is -0.893. The molecule has 0 unspecified atom stereocenters. The van der Waals surface area contributed by atoms with Crippen LogP contribution in [0.25, 0.3) is 0 Å². The summed E-state index contributed by atoms with van der Waals surface area (Å²) in [7, 11) is 4.55. The van der Waals surface area contributed by atoms with Gasteiger partial charge < -0.3 is 14.0 Å². The summed E-state index contributed by atoms with van der Waals surface area (Å²) < 4.78 is 13.5. The Hall–Kier alpha value is -0.610. The fraction of sp³-hybridized carbons (Fsp3) is 0.952. The highest BCUT2D eigenvalue weighted by molar-refractivity contribution is 5.77. The normalized spacial score (nSPS) is 48.4. The van der Waals surface area contributed by atoms with Gasteiger partial charge in [0.1, 0.15) is 17.6 Å². The lowest BCUT2D eigenvalue weighted by atomic mass is 9.55. The second kappa shape index (κ2) is 5.69. The molecule has 0 amide bonds. The SMILES string of the molecule is CCCC[N+](C)(C)C[C@H]1C(=O)O[C@@]23[C@H](CC[C@@]4(C)O[C@@H]24)[C@H](C)CC[C@H]13. The van der Waals surface area contributed by atoms with E-state index in [1.54, 1.807) is 0 Å². The van der Waals surface area contributed by atoms with Gasteiger partial charge in [-0.15, -0.1) is 0 Å². The van der Waals surface area contributed by atoms with E-state index in [2.05, 4.69) is 34.9 Å². The van der Waals surface area contributed by atoms with Gasteiger partial charge in [-0.3, -0.25) is 4.79 Å². The van der Waals surface area contributed by atoms with Crippen molar-refractivity contribution in [2.75, 3.05) is 27.2 Å². The van der Waals surface area contributed by atoms with Crippen LogP contribution in [0.2, 0.25) is 0 Å². The molecule has 0 radical (unpaired) electrons. The molecule has 2 saturated carbocycles. The summed E-state index contributed by atoms with van der Waals surface area (Å²) in [6, 6.07) is 0. The monoisotopic (exact) mass is 350 g/mol. The maximum absolute atomic E-state index is 13.0. The van der Waals surface area contributed by atoms with Crippen molar-refractivity contribution in [3.05, 3.63) is 0 Å². The Morgan fingerprint density at radius 1 is 1.20 bits per heavy atom. The second-order valence-corrected chi connectivity index (χ2v) is 10.2. The minimum absolute atomic E-state index is 0.0342. The Morgan fingerprint density at radius 2 is 1.96 bits per heavy atom. The number of unbranched alkanes of at least 4 members (excludes halogenated alkanes) is 1. The molecular formula is C21H36NO3+. The van der Waals surface area contributed by atoms with Gasteiger partial charge in [0, 0.05) is 11.8 Å². The first kappa shape index (κ1) is 17.8. The van der Waals surface area contributed by atoms with E-state index in [4.69, 9.17) is 9.47 Å². The number of rotatable bonds is 5. The molecule has 4 rings (SSSR count). The highest BCUT2D eigenvalue weighted by atomic mass is 16.7. The van der Waals surface area contributed by atoms with E-state index in [0.29, 0.717) is 17.8 Å². The molecule has 0 aromatic heterocycles. The van der Waals surface area contributed by atoms with Crippen LogP contribution in [0, 0.1) is 23.7 Å². The first-order valence-corrected chi connectivity index (χ1v) is 10.5. The summed E-state index contributed by atoms with van der Waals surface area (Å²) in [5, 5.41) is 0. The number of ether oxygens (including phenoxy) is 2. The van der Waals surface area contributed by atoms with Crippen LogP contribution in [0.3, 0.4) is 0 Å². The summed E-state index contributed by atoms with van der Waals surface area (Å²) in [5.41, 5.74) is -0.356. The van der Waals surface area contributed by atoms with E-state index in [9.17, 15) is 4.79 Å². The topological polar surface area (TPSA) is 38.8 Å². The molecule has 25 heavy (non-hydrogen) atoms. The number of hydrogen-bond acceptors (Lipinski definition) is 3. The number of epoxide rings is 1. The van der Waals surface area contributed by atoms with E-state index >= 15 is 0 Å². The third-order valence-electron chi connectivity index (χ3n) is 7.90.